The molecule has 0 saturated heterocycles. The summed E-state index contributed by atoms with van der Waals surface area (Å²) in [5.41, 5.74) is -0.507. The molecular weight excluding hydrogens is 302 g/mol. The van der Waals surface area contributed by atoms with E-state index in [0.29, 0.717) is 5.06 Å². The van der Waals surface area contributed by atoms with Gasteiger partial charge in [-0.3, -0.25) is 4.79 Å². The number of carbonyl (C=O) groups is 1. The van der Waals surface area contributed by atoms with Crippen LogP contribution in [0.25, 0.3) is 0 Å². The fraction of sp³-hybridized carbons (Fsp3) is 0.583. The molecular formula is C12H19NO5S2. The second kappa shape index (κ2) is 6.11. The van der Waals surface area contributed by atoms with Gasteiger partial charge in [0.15, 0.2) is 5.06 Å². The topological polar surface area (TPSA) is 92.7 Å². The molecule has 0 unspecified atom stereocenters. The number of ether oxygens (including phenoxy) is 1. The Morgan fingerprint density at radius 3 is 2.45 bits per heavy atom. The summed E-state index contributed by atoms with van der Waals surface area (Å²) in [5.74, 6) is -1.05. The summed E-state index contributed by atoms with van der Waals surface area (Å²) in [4.78, 5) is 10.9. The molecule has 0 spiro atoms. The molecule has 8 heteroatoms. The highest BCUT2D eigenvalue weighted by molar-refractivity contribution is 7.91. The average molecular weight is 321 g/mol. The van der Waals surface area contributed by atoms with E-state index in [9.17, 15) is 13.2 Å². The average Bonchev–Trinajstić information content (AvgIpc) is 2.75. The van der Waals surface area contributed by atoms with Crippen LogP contribution >= 0.6 is 11.3 Å². The van der Waals surface area contributed by atoms with Gasteiger partial charge in [-0.05, 0) is 17.5 Å². The van der Waals surface area contributed by atoms with Crippen LogP contribution in [0, 0.1) is 5.41 Å². The van der Waals surface area contributed by atoms with Crippen LogP contribution in [0.15, 0.2) is 16.3 Å². The van der Waals surface area contributed by atoms with Crippen molar-refractivity contribution in [1.82, 2.24) is 4.72 Å². The highest BCUT2D eigenvalue weighted by atomic mass is 32.2. The molecule has 0 bridgehead atoms. The van der Waals surface area contributed by atoms with Crippen LogP contribution < -0.4 is 9.46 Å². The molecule has 0 aliphatic heterocycles. The minimum Gasteiger partial charge on any atom is -0.487 e. The Balaban J connectivity index is 2.99. The fourth-order valence-corrected chi connectivity index (χ4v) is 4.06. The molecule has 0 saturated carbocycles. The van der Waals surface area contributed by atoms with E-state index in [1.165, 1.54) is 13.2 Å². The first kappa shape index (κ1) is 16.9. The third-order valence-electron chi connectivity index (χ3n) is 2.74. The maximum absolute atomic E-state index is 12.3. The predicted molar refractivity (Wildman–Crippen MR) is 76.7 cm³/mol. The molecule has 114 valence electrons. The second-order valence-corrected chi connectivity index (χ2v) is 8.40. The molecule has 0 aliphatic carbocycles. The standard InChI is InChI=1S/C12H19NO5S2/c1-12(2,3)8(7-9(14)15)13-20(16,17)11-6-5-10(18-4)19-11/h5-6,8,13H,7H2,1-4H3,(H,14,15)/t8-/m1/s1. The summed E-state index contributed by atoms with van der Waals surface area (Å²) in [6.45, 7) is 5.37. The molecule has 1 aromatic rings. The number of carboxylic acids is 1. The molecule has 0 aromatic carbocycles. The summed E-state index contributed by atoms with van der Waals surface area (Å²) in [5, 5.41) is 9.39. The first-order valence-corrected chi connectivity index (χ1v) is 8.24. The molecule has 0 aliphatic rings. The zero-order valence-electron chi connectivity index (χ0n) is 11.8. The molecule has 20 heavy (non-hydrogen) atoms. The van der Waals surface area contributed by atoms with Crippen LogP contribution in [-0.4, -0.2) is 32.6 Å². The number of aliphatic carboxylic acids is 1. The monoisotopic (exact) mass is 321 g/mol. The van der Waals surface area contributed by atoms with Crippen molar-refractivity contribution in [2.75, 3.05) is 7.11 Å². The normalized spacial score (nSPS) is 14.0. The van der Waals surface area contributed by atoms with Crippen LogP contribution in [0.1, 0.15) is 27.2 Å². The Kier molecular flexibility index (Phi) is 5.17. The largest absolute Gasteiger partial charge is 0.487 e. The number of nitrogens with one attached hydrogen (secondary N) is 1. The summed E-state index contributed by atoms with van der Waals surface area (Å²) in [6, 6.07) is 2.30. The minimum absolute atomic E-state index is 0.106. The number of carboxylic acid groups (broad SMARTS) is 1. The third-order valence-corrected chi connectivity index (χ3v) is 5.75. The van der Waals surface area contributed by atoms with E-state index >= 15 is 0 Å². The van der Waals surface area contributed by atoms with E-state index in [-0.39, 0.29) is 10.6 Å². The summed E-state index contributed by atoms with van der Waals surface area (Å²) >= 11 is 0.991. The SMILES string of the molecule is COc1ccc(S(=O)(=O)N[C@H](CC(=O)O)C(C)(C)C)s1. The van der Waals surface area contributed by atoms with E-state index in [2.05, 4.69) is 4.72 Å². The van der Waals surface area contributed by atoms with Crippen molar-refractivity contribution in [3.05, 3.63) is 12.1 Å². The molecule has 0 radical (unpaired) electrons. The number of sulfonamides is 1. The predicted octanol–water partition coefficient (Wildman–Crippen LogP) is 1.92. The van der Waals surface area contributed by atoms with Gasteiger partial charge < -0.3 is 9.84 Å². The summed E-state index contributed by atoms with van der Waals surface area (Å²) < 4.78 is 32.0. The van der Waals surface area contributed by atoms with Gasteiger partial charge in [0, 0.05) is 6.04 Å². The number of hydrogen-bond acceptors (Lipinski definition) is 5. The van der Waals surface area contributed by atoms with E-state index in [1.54, 1.807) is 26.8 Å². The van der Waals surface area contributed by atoms with Gasteiger partial charge in [-0.15, -0.1) is 0 Å². The third kappa shape index (κ3) is 4.46. The zero-order chi connectivity index (χ0) is 15.6. The van der Waals surface area contributed by atoms with Crippen LogP contribution in [0.3, 0.4) is 0 Å². The molecule has 0 amide bonds. The Hall–Kier alpha value is -1.12. The van der Waals surface area contributed by atoms with Crippen molar-refractivity contribution >= 4 is 27.3 Å². The van der Waals surface area contributed by atoms with Gasteiger partial charge in [0.2, 0.25) is 10.0 Å². The number of rotatable bonds is 6. The van der Waals surface area contributed by atoms with Crippen molar-refractivity contribution in [3.8, 4) is 5.06 Å². The smallest absolute Gasteiger partial charge is 0.304 e. The van der Waals surface area contributed by atoms with E-state index in [4.69, 9.17) is 9.84 Å². The lowest BCUT2D eigenvalue weighted by atomic mass is 9.85. The molecule has 1 atom stereocenters. The maximum atomic E-state index is 12.3. The Morgan fingerprint density at radius 1 is 1.45 bits per heavy atom. The molecule has 6 nitrogen and oxygen atoms in total. The fourth-order valence-electron chi connectivity index (χ4n) is 1.50. The summed E-state index contributed by atoms with van der Waals surface area (Å²) in [6.07, 6.45) is -0.273. The van der Waals surface area contributed by atoms with Crippen LogP contribution in [-0.2, 0) is 14.8 Å². The molecule has 1 rings (SSSR count). The Morgan fingerprint density at radius 2 is 2.05 bits per heavy atom. The van der Waals surface area contributed by atoms with Gasteiger partial charge >= 0.3 is 5.97 Å². The van der Waals surface area contributed by atoms with Crippen LogP contribution in [0.5, 0.6) is 5.06 Å². The van der Waals surface area contributed by atoms with Crippen molar-refractivity contribution < 1.29 is 23.1 Å². The Labute approximate surface area is 122 Å². The first-order chi connectivity index (χ1) is 9.06. The van der Waals surface area contributed by atoms with Crippen molar-refractivity contribution in [2.24, 2.45) is 5.41 Å². The number of methoxy groups -OCH3 is 1. The van der Waals surface area contributed by atoms with E-state index in [0.717, 1.165) is 11.3 Å². The van der Waals surface area contributed by atoms with Crippen LogP contribution in [0.4, 0.5) is 0 Å². The quantitative estimate of drug-likeness (QED) is 0.835. The lowest BCUT2D eigenvalue weighted by Gasteiger charge is -2.29. The first-order valence-electron chi connectivity index (χ1n) is 5.94. The van der Waals surface area contributed by atoms with Gasteiger partial charge in [-0.1, -0.05) is 32.1 Å². The highest BCUT2D eigenvalue weighted by Crippen LogP contribution is 2.29. The molecule has 1 aromatic heterocycles. The second-order valence-electron chi connectivity index (χ2n) is 5.42. The Bertz CT molecular complexity index is 571. The molecule has 1 heterocycles. The van der Waals surface area contributed by atoms with Crippen LogP contribution in [0.2, 0.25) is 0 Å². The maximum Gasteiger partial charge on any atom is 0.304 e. The van der Waals surface area contributed by atoms with Gasteiger partial charge in [0.1, 0.15) is 4.21 Å². The summed E-state index contributed by atoms with van der Waals surface area (Å²) in [7, 11) is -2.30. The number of thiophene rings is 1. The van der Waals surface area contributed by atoms with E-state index < -0.39 is 27.4 Å². The lowest BCUT2D eigenvalue weighted by Crippen LogP contribution is -2.44. The van der Waals surface area contributed by atoms with Crippen molar-refractivity contribution in [3.63, 3.8) is 0 Å². The number of hydrogen-bond donors (Lipinski definition) is 2. The minimum atomic E-state index is -3.75. The van der Waals surface area contributed by atoms with Gasteiger partial charge in [-0.2, -0.15) is 0 Å². The van der Waals surface area contributed by atoms with Gasteiger partial charge in [-0.25, -0.2) is 13.1 Å². The lowest BCUT2D eigenvalue weighted by molar-refractivity contribution is -0.138. The molecule has 2 N–H and O–H groups in total. The van der Waals surface area contributed by atoms with Crippen molar-refractivity contribution in [1.29, 1.82) is 0 Å². The highest BCUT2D eigenvalue weighted by Gasteiger charge is 2.32. The zero-order valence-corrected chi connectivity index (χ0v) is 13.5. The van der Waals surface area contributed by atoms with Gasteiger partial charge in [0.25, 0.3) is 0 Å². The van der Waals surface area contributed by atoms with E-state index in [1.807, 2.05) is 0 Å². The van der Waals surface area contributed by atoms with Gasteiger partial charge in [0.05, 0.1) is 13.5 Å². The van der Waals surface area contributed by atoms with Crippen molar-refractivity contribution in [2.45, 2.75) is 37.4 Å². The molecule has 0 fully saturated rings.